The van der Waals surface area contributed by atoms with Crippen LogP contribution in [-0.2, 0) is 14.3 Å². The zero-order valence-corrected chi connectivity index (χ0v) is 13.8. The summed E-state index contributed by atoms with van der Waals surface area (Å²) >= 11 is 6.49. The van der Waals surface area contributed by atoms with Crippen LogP contribution in [-0.4, -0.2) is 39.2 Å². The monoisotopic (exact) mass is 336 g/mol. The number of rotatable bonds is 6. The van der Waals surface area contributed by atoms with Gasteiger partial charge >= 0.3 is 5.97 Å². The minimum absolute atomic E-state index is 0.135. The number of thioether (sulfide) groups is 1. The van der Waals surface area contributed by atoms with Crippen molar-refractivity contribution in [2.75, 3.05) is 13.2 Å². The summed E-state index contributed by atoms with van der Waals surface area (Å²) in [6.07, 6.45) is 4.21. The summed E-state index contributed by atoms with van der Waals surface area (Å²) in [6.45, 7) is 2.55. The standard InChI is InChI=1S/C15H16N2O3S2/c1-2-20-13(18)7-5-9-17-14(19)12(22-15(17)21)10-11-6-3-4-8-16-11/h3-4,6,8,10H,2,5,7,9H2,1H3/b12-10-. The zero-order chi connectivity index (χ0) is 15.9. The van der Waals surface area contributed by atoms with Gasteiger partial charge in [0, 0.05) is 19.2 Å². The van der Waals surface area contributed by atoms with E-state index < -0.39 is 0 Å². The van der Waals surface area contributed by atoms with E-state index in [1.165, 1.54) is 16.7 Å². The first-order valence-electron chi connectivity index (χ1n) is 6.94. The second kappa shape index (κ2) is 8.05. The predicted octanol–water partition coefficient (Wildman–Crippen LogP) is 2.63. The molecule has 1 fully saturated rings. The molecule has 1 saturated heterocycles. The van der Waals surface area contributed by atoms with Crippen molar-refractivity contribution >= 4 is 46.3 Å². The number of amides is 1. The van der Waals surface area contributed by atoms with Crippen LogP contribution in [0.25, 0.3) is 6.08 Å². The predicted molar refractivity (Wildman–Crippen MR) is 90.0 cm³/mol. The van der Waals surface area contributed by atoms with E-state index in [0.717, 1.165) is 5.69 Å². The highest BCUT2D eigenvalue weighted by molar-refractivity contribution is 8.26. The third-order valence-corrected chi connectivity index (χ3v) is 4.29. The number of nitrogens with zero attached hydrogens (tertiary/aromatic N) is 2. The molecule has 2 heterocycles. The molecule has 0 unspecified atom stereocenters. The van der Waals surface area contributed by atoms with Crippen molar-refractivity contribution in [3.8, 4) is 0 Å². The Morgan fingerprint density at radius 3 is 3.00 bits per heavy atom. The molecule has 1 aromatic heterocycles. The number of aromatic nitrogens is 1. The number of esters is 1. The molecule has 116 valence electrons. The van der Waals surface area contributed by atoms with Crippen LogP contribution in [0.15, 0.2) is 29.3 Å². The normalized spacial score (nSPS) is 16.4. The Hall–Kier alpha value is -1.73. The minimum Gasteiger partial charge on any atom is -0.466 e. The number of ether oxygens (including phenoxy) is 1. The van der Waals surface area contributed by atoms with Crippen LogP contribution in [0.3, 0.4) is 0 Å². The molecule has 2 rings (SSSR count). The molecule has 0 atom stereocenters. The number of carbonyl (C=O) groups is 2. The molecule has 22 heavy (non-hydrogen) atoms. The van der Waals surface area contributed by atoms with Crippen LogP contribution in [0.4, 0.5) is 0 Å². The maximum atomic E-state index is 12.3. The lowest BCUT2D eigenvalue weighted by Gasteiger charge is -2.13. The Kier molecular flexibility index (Phi) is 6.09. The number of pyridine rings is 1. The van der Waals surface area contributed by atoms with Gasteiger partial charge in [-0.2, -0.15) is 0 Å². The fraction of sp³-hybridized carbons (Fsp3) is 0.333. The van der Waals surface area contributed by atoms with Gasteiger partial charge in [0.25, 0.3) is 5.91 Å². The number of hydrogen-bond donors (Lipinski definition) is 0. The van der Waals surface area contributed by atoms with Crippen molar-refractivity contribution < 1.29 is 14.3 Å². The highest BCUT2D eigenvalue weighted by atomic mass is 32.2. The van der Waals surface area contributed by atoms with Crippen LogP contribution in [0.2, 0.25) is 0 Å². The second-order valence-corrected chi connectivity index (χ2v) is 6.17. The van der Waals surface area contributed by atoms with E-state index in [4.69, 9.17) is 17.0 Å². The lowest BCUT2D eigenvalue weighted by Crippen LogP contribution is -2.29. The van der Waals surface area contributed by atoms with Crippen LogP contribution >= 0.6 is 24.0 Å². The molecule has 0 aliphatic carbocycles. The highest BCUT2D eigenvalue weighted by Gasteiger charge is 2.31. The van der Waals surface area contributed by atoms with Gasteiger partial charge in [0.2, 0.25) is 0 Å². The Bertz CT molecular complexity index is 602. The maximum absolute atomic E-state index is 12.3. The third kappa shape index (κ3) is 4.38. The van der Waals surface area contributed by atoms with E-state index >= 15 is 0 Å². The minimum atomic E-state index is -0.253. The van der Waals surface area contributed by atoms with E-state index in [1.807, 2.05) is 18.2 Å². The molecule has 1 amide bonds. The van der Waals surface area contributed by atoms with Crippen molar-refractivity contribution in [2.45, 2.75) is 19.8 Å². The van der Waals surface area contributed by atoms with Crippen LogP contribution in [0, 0.1) is 0 Å². The summed E-state index contributed by atoms with van der Waals surface area (Å²) in [5.41, 5.74) is 0.717. The average Bonchev–Trinajstić information content (AvgIpc) is 2.76. The first-order valence-corrected chi connectivity index (χ1v) is 8.16. The topological polar surface area (TPSA) is 59.5 Å². The fourth-order valence-electron chi connectivity index (χ4n) is 1.90. The molecule has 0 aromatic carbocycles. The van der Waals surface area contributed by atoms with E-state index in [0.29, 0.717) is 28.8 Å². The van der Waals surface area contributed by atoms with Crippen LogP contribution in [0.5, 0.6) is 0 Å². The summed E-state index contributed by atoms with van der Waals surface area (Å²) in [5.74, 6) is -0.388. The molecule has 0 radical (unpaired) electrons. The molecule has 0 bridgehead atoms. The van der Waals surface area contributed by atoms with E-state index in [9.17, 15) is 9.59 Å². The van der Waals surface area contributed by atoms with Gasteiger partial charge in [-0.15, -0.1) is 0 Å². The first-order chi connectivity index (χ1) is 10.6. The molecule has 0 saturated carbocycles. The maximum Gasteiger partial charge on any atom is 0.305 e. The Balaban J connectivity index is 1.94. The van der Waals surface area contributed by atoms with Crippen molar-refractivity contribution in [1.29, 1.82) is 0 Å². The van der Waals surface area contributed by atoms with Gasteiger partial charge in [0.15, 0.2) is 0 Å². The summed E-state index contributed by atoms with van der Waals surface area (Å²) in [6, 6.07) is 5.50. The lowest BCUT2D eigenvalue weighted by atomic mass is 10.3. The molecule has 1 aliphatic rings. The Morgan fingerprint density at radius 1 is 1.50 bits per heavy atom. The van der Waals surface area contributed by atoms with Crippen LogP contribution in [0.1, 0.15) is 25.5 Å². The van der Waals surface area contributed by atoms with E-state index in [2.05, 4.69) is 4.98 Å². The average molecular weight is 336 g/mol. The van der Waals surface area contributed by atoms with Gasteiger partial charge in [-0.25, -0.2) is 0 Å². The largest absolute Gasteiger partial charge is 0.466 e. The van der Waals surface area contributed by atoms with Crippen molar-refractivity contribution in [2.24, 2.45) is 0 Å². The number of thiocarbonyl (C=S) groups is 1. The molecule has 5 nitrogen and oxygen atoms in total. The van der Waals surface area contributed by atoms with Gasteiger partial charge in [-0.3, -0.25) is 19.5 Å². The third-order valence-electron chi connectivity index (χ3n) is 2.91. The molecule has 1 aliphatic heterocycles. The molecule has 1 aromatic rings. The van der Waals surface area contributed by atoms with E-state index in [1.54, 1.807) is 19.2 Å². The molecular weight excluding hydrogens is 320 g/mol. The smallest absolute Gasteiger partial charge is 0.305 e. The first kappa shape index (κ1) is 16.6. The fourth-order valence-corrected chi connectivity index (χ4v) is 3.20. The highest BCUT2D eigenvalue weighted by Crippen LogP contribution is 2.32. The molecular formula is C15H16N2O3S2. The van der Waals surface area contributed by atoms with E-state index in [-0.39, 0.29) is 18.3 Å². The zero-order valence-electron chi connectivity index (χ0n) is 12.2. The van der Waals surface area contributed by atoms with Crippen molar-refractivity contribution in [1.82, 2.24) is 9.88 Å². The SMILES string of the molecule is CCOC(=O)CCCN1C(=O)/C(=C/c2ccccn2)SC1=S. The molecule has 7 heteroatoms. The Labute approximate surface area is 138 Å². The Morgan fingerprint density at radius 2 is 2.32 bits per heavy atom. The van der Waals surface area contributed by atoms with Gasteiger partial charge in [0.1, 0.15) is 4.32 Å². The summed E-state index contributed by atoms with van der Waals surface area (Å²) in [7, 11) is 0. The van der Waals surface area contributed by atoms with Crippen LogP contribution < -0.4 is 0 Å². The van der Waals surface area contributed by atoms with Crippen molar-refractivity contribution in [3.63, 3.8) is 0 Å². The quantitative estimate of drug-likeness (QED) is 0.452. The molecule has 0 spiro atoms. The van der Waals surface area contributed by atoms with Gasteiger partial charge in [0.05, 0.1) is 17.2 Å². The number of hydrogen-bond acceptors (Lipinski definition) is 6. The van der Waals surface area contributed by atoms with Gasteiger partial charge < -0.3 is 4.74 Å². The lowest BCUT2D eigenvalue weighted by molar-refractivity contribution is -0.143. The summed E-state index contributed by atoms with van der Waals surface area (Å²) < 4.78 is 5.37. The second-order valence-electron chi connectivity index (χ2n) is 4.50. The summed E-state index contributed by atoms with van der Waals surface area (Å²) in [4.78, 5) is 29.9. The van der Waals surface area contributed by atoms with Crippen molar-refractivity contribution in [3.05, 3.63) is 35.0 Å². The molecule has 0 N–H and O–H groups in total. The summed E-state index contributed by atoms with van der Waals surface area (Å²) in [5, 5.41) is 0. The number of carbonyl (C=O) groups excluding carboxylic acids is 2. The van der Waals surface area contributed by atoms with Gasteiger partial charge in [-0.05, 0) is 31.6 Å². The van der Waals surface area contributed by atoms with Gasteiger partial charge in [-0.1, -0.05) is 30.0 Å².